The van der Waals surface area contributed by atoms with Gasteiger partial charge < -0.3 is 5.11 Å². The molecule has 2 unspecified atom stereocenters. The minimum absolute atomic E-state index is 0. The van der Waals surface area contributed by atoms with Crippen LogP contribution in [0.3, 0.4) is 0 Å². The molecule has 2 rings (SSSR count). The molecule has 3 nitrogen and oxygen atoms in total. The summed E-state index contributed by atoms with van der Waals surface area (Å²) in [6.07, 6.45) is 5.65. The first-order valence-corrected chi connectivity index (χ1v) is 16.2. The zero-order valence-electron chi connectivity index (χ0n) is 31.3. The minimum atomic E-state index is -0.684. The van der Waals surface area contributed by atoms with Gasteiger partial charge in [-0.25, -0.2) is 4.39 Å². The van der Waals surface area contributed by atoms with Crippen molar-refractivity contribution >= 4 is 41.2 Å². The van der Waals surface area contributed by atoms with Gasteiger partial charge in [0.05, 0.1) is 0 Å². The number of hydrogen-bond donors (Lipinski definition) is 1. The highest BCUT2D eigenvalue weighted by molar-refractivity contribution is 14.0. The molecule has 0 aliphatic heterocycles. The van der Waals surface area contributed by atoms with Gasteiger partial charge in [-0.1, -0.05) is 121 Å². The number of carbonyl (C=O) groups is 1. The van der Waals surface area contributed by atoms with E-state index in [9.17, 15) is 9.18 Å². The van der Waals surface area contributed by atoms with Crippen molar-refractivity contribution in [1.29, 1.82) is 0 Å². The number of nitrogens with zero attached hydrogens (tertiary/aromatic N) is 1. The molecule has 0 aliphatic rings. The van der Waals surface area contributed by atoms with E-state index in [4.69, 9.17) is 5.11 Å². The maximum Gasteiger partial charge on any atom is 0.303 e. The fourth-order valence-electron chi connectivity index (χ4n) is 4.16. The van der Waals surface area contributed by atoms with Crippen LogP contribution in [0.5, 0.6) is 0 Å². The maximum absolute atomic E-state index is 13.2. The summed E-state index contributed by atoms with van der Waals surface area (Å²) < 4.78 is 13.2. The van der Waals surface area contributed by atoms with Crippen molar-refractivity contribution in [3.63, 3.8) is 0 Å². The van der Waals surface area contributed by atoms with E-state index in [0.29, 0.717) is 24.2 Å². The van der Waals surface area contributed by atoms with Gasteiger partial charge in [-0.15, -0.1) is 50.3 Å². The van der Waals surface area contributed by atoms with Gasteiger partial charge in [0.25, 0.3) is 0 Å². The van der Waals surface area contributed by atoms with Crippen LogP contribution in [0.25, 0.3) is 5.57 Å². The van der Waals surface area contributed by atoms with Crippen LogP contribution in [0.2, 0.25) is 0 Å². The number of carboxylic acids is 1. The van der Waals surface area contributed by atoms with Crippen molar-refractivity contribution in [2.24, 2.45) is 16.8 Å². The van der Waals surface area contributed by atoms with Crippen molar-refractivity contribution in [2.45, 2.75) is 108 Å². The standard InChI is InChI=1S/C22H25F.C7H14O2.C6H13N.C2H6.2C2H4.HI.H2/c1-5-21(19-11-13-20(23)14-12-19)17(4)22(15-16(2)3)18-9-7-6-8-10-18;1-3-4-6(2)5-7(8)9;1-5(2)6(3)7-4;3*1-2;;/h6-15,21H,5H2,1-4H3;6H,3-5H2,1-2H3,(H,8,9);5H,1-4H3;1-2H3;2*1-2H2;2*1H/b22-17-;;;;;;;. The lowest BCUT2D eigenvalue weighted by Gasteiger charge is -2.20. The highest BCUT2D eigenvalue weighted by Gasteiger charge is 2.15. The van der Waals surface area contributed by atoms with Crippen molar-refractivity contribution in [3.05, 3.63) is 115 Å². The van der Waals surface area contributed by atoms with Crippen LogP contribution in [-0.4, -0.2) is 23.8 Å². The Kier molecular flexibility index (Phi) is 40.2. The zero-order chi connectivity index (χ0) is 36.0. The molecule has 2 aromatic carbocycles. The minimum Gasteiger partial charge on any atom is -0.481 e. The molecule has 0 radical (unpaired) electrons. The lowest BCUT2D eigenvalue weighted by atomic mass is 9.84. The molecule has 0 fully saturated rings. The smallest absolute Gasteiger partial charge is 0.303 e. The van der Waals surface area contributed by atoms with E-state index in [1.807, 2.05) is 52.9 Å². The zero-order valence-corrected chi connectivity index (χ0v) is 33.6. The average molecular weight is 754 g/mol. The number of aliphatic imine (C=N–C) groups is 1. The highest BCUT2D eigenvalue weighted by atomic mass is 127. The number of allylic oxidation sites excluding steroid dienone is 4. The number of rotatable bonds is 10. The molecule has 0 saturated carbocycles. The van der Waals surface area contributed by atoms with E-state index < -0.39 is 5.97 Å². The third-order valence-corrected chi connectivity index (χ3v) is 6.64. The molecule has 2 atom stereocenters. The first kappa shape index (κ1) is 52.7. The topological polar surface area (TPSA) is 49.7 Å². The van der Waals surface area contributed by atoms with Gasteiger partial charge in [0.2, 0.25) is 0 Å². The Morgan fingerprint density at radius 3 is 1.72 bits per heavy atom. The summed E-state index contributed by atoms with van der Waals surface area (Å²) in [7, 11) is 1.83. The van der Waals surface area contributed by atoms with E-state index >= 15 is 0 Å². The first-order valence-electron chi connectivity index (χ1n) is 16.2. The fraction of sp³-hybridized carbons (Fsp3) is 0.463. The SMILES string of the molecule is C=C.C=C.CC.CCC(/C(C)=C(/C=C(C)C)c1ccccc1)c1ccc(F)cc1.CCCC(C)CC(=O)O.CN=C(C)C(C)C.I.[HH]. The largest absolute Gasteiger partial charge is 0.481 e. The van der Waals surface area contributed by atoms with Crippen LogP contribution in [-0.2, 0) is 4.79 Å². The normalized spacial score (nSPS) is 11.5. The summed E-state index contributed by atoms with van der Waals surface area (Å²) in [5.41, 5.74) is 7.49. The Morgan fingerprint density at radius 2 is 1.39 bits per heavy atom. The first-order chi connectivity index (χ1) is 21.4. The Hall–Kier alpha value is -2.80. The predicted octanol–water partition coefficient (Wildman–Crippen LogP) is 13.9. The van der Waals surface area contributed by atoms with Gasteiger partial charge >= 0.3 is 5.97 Å². The molecule has 264 valence electrons. The van der Waals surface area contributed by atoms with Crippen molar-refractivity contribution < 1.29 is 15.7 Å². The Morgan fingerprint density at radius 1 is 0.913 bits per heavy atom. The second kappa shape index (κ2) is 35.1. The van der Waals surface area contributed by atoms with Crippen LogP contribution >= 0.6 is 24.0 Å². The summed E-state index contributed by atoms with van der Waals surface area (Å²) in [6, 6.07) is 17.4. The van der Waals surface area contributed by atoms with Crippen LogP contribution in [0, 0.1) is 17.7 Å². The molecule has 0 bridgehead atoms. The predicted molar refractivity (Wildman–Crippen MR) is 219 cm³/mol. The van der Waals surface area contributed by atoms with Gasteiger partial charge in [-0.2, -0.15) is 0 Å². The fourth-order valence-corrected chi connectivity index (χ4v) is 4.16. The summed E-state index contributed by atoms with van der Waals surface area (Å²) in [5.74, 6) is 0.382. The molecule has 0 heterocycles. The maximum atomic E-state index is 13.2. The van der Waals surface area contributed by atoms with Crippen LogP contribution in [0.1, 0.15) is 120 Å². The molecule has 1 N–H and O–H groups in total. The molecule has 0 saturated heterocycles. The number of benzene rings is 2. The molecule has 0 aromatic heterocycles. The van der Waals surface area contributed by atoms with Crippen LogP contribution in [0.4, 0.5) is 4.39 Å². The van der Waals surface area contributed by atoms with Gasteiger partial charge in [0.1, 0.15) is 5.82 Å². The third kappa shape index (κ3) is 26.4. The van der Waals surface area contributed by atoms with E-state index in [1.165, 1.54) is 33.6 Å². The van der Waals surface area contributed by atoms with E-state index in [-0.39, 0.29) is 31.2 Å². The lowest BCUT2D eigenvalue weighted by Crippen LogP contribution is -2.03. The number of halogens is 2. The van der Waals surface area contributed by atoms with E-state index in [2.05, 4.69) is 110 Å². The molecule has 46 heavy (non-hydrogen) atoms. The second-order valence-electron chi connectivity index (χ2n) is 10.7. The van der Waals surface area contributed by atoms with Gasteiger partial charge in [0, 0.05) is 26.5 Å². The quantitative estimate of drug-likeness (QED) is 0.114. The molecule has 5 heteroatoms. The summed E-state index contributed by atoms with van der Waals surface area (Å²) in [6.45, 7) is 35.0. The van der Waals surface area contributed by atoms with Gasteiger partial charge in [0.15, 0.2) is 0 Å². The average Bonchev–Trinajstić information content (AvgIpc) is 3.04. The third-order valence-electron chi connectivity index (χ3n) is 6.64. The van der Waals surface area contributed by atoms with E-state index in [0.717, 1.165) is 19.3 Å². The van der Waals surface area contributed by atoms with Crippen molar-refractivity contribution in [3.8, 4) is 0 Å². The number of hydrogen-bond acceptors (Lipinski definition) is 2. The monoisotopic (exact) mass is 753 g/mol. The van der Waals surface area contributed by atoms with Crippen molar-refractivity contribution in [2.75, 3.05) is 7.05 Å². The molecule has 0 spiro atoms. The lowest BCUT2D eigenvalue weighted by molar-refractivity contribution is -0.138. The molecular formula is C41H69FINO2. The van der Waals surface area contributed by atoms with Crippen LogP contribution in [0.15, 0.2) is 103 Å². The highest BCUT2D eigenvalue weighted by Crippen LogP contribution is 2.34. The Labute approximate surface area is 302 Å². The van der Waals surface area contributed by atoms with Gasteiger partial charge in [-0.3, -0.25) is 9.79 Å². The molecular weight excluding hydrogens is 684 g/mol. The number of carboxylic acid groups (broad SMARTS) is 1. The summed E-state index contributed by atoms with van der Waals surface area (Å²) >= 11 is 0. The second-order valence-corrected chi connectivity index (χ2v) is 10.7. The Balaban J connectivity index is -0.000000146. The number of aliphatic carboxylic acids is 1. The Bertz CT molecular complexity index is 1090. The van der Waals surface area contributed by atoms with Crippen molar-refractivity contribution in [1.82, 2.24) is 0 Å². The summed E-state index contributed by atoms with van der Waals surface area (Å²) in [4.78, 5) is 14.1. The summed E-state index contributed by atoms with van der Waals surface area (Å²) in [5, 5.41) is 8.31. The van der Waals surface area contributed by atoms with Crippen LogP contribution < -0.4 is 0 Å². The van der Waals surface area contributed by atoms with E-state index in [1.54, 1.807) is 12.1 Å². The molecule has 0 aliphatic carbocycles. The molecule has 0 amide bonds. The van der Waals surface area contributed by atoms with Gasteiger partial charge in [-0.05, 0) is 74.8 Å². The molecule has 2 aromatic rings.